The number of nitrogens with zero attached hydrogens (tertiary/aromatic N) is 2. The quantitative estimate of drug-likeness (QED) is 0.266. The predicted octanol–water partition coefficient (Wildman–Crippen LogP) is 6.85. The molecule has 0 saturated heterocycles. The van der Waals surface area contributed by atoms with E-state index in [9.17, 15) is 0 Å². The molecule has 0 radical (unpaired) electrons. The lowest BCUT2D eigenvalue weighted by atomic mass is 9.76. The second-order valence-corrected chi connectivity index (χ2v) is 8.21. The monoisotopic (exact) mass is 448 g/mol. The van der Waals surface area contributed by atoms with E-state index in [-0.39, 0.29) is 5.82 Å². The number of hydrogen-bond donors (Lipinski definition) is 0. The fraction of sp³-hybridized carbons (Fsp3) is 0.100. The molecule has 4 heteroatoms. The zero-order valence-corrected chi connectivity index (χ0v) is 19.2. The fourth-order valence-electron chi connectivity index (χ4n) is 4.76. The number of para-hydroxylation sites is 1. The highest BCUT2D eigenvalue weighted by molar-refractivity contribution is 5.65. The molecule has 0 aliphatic heterocycles. The first kappa shape index (κ1) is 21.7. The highest BCUT2D eigenvalue weighted by atomic mass is 19.1. The SMILES string of the molecule is COc1ccccc1C(c1ccccc1)(c1ccccc1)n1nccc1-c1cccc(C)c1F. The summed E-state index contributed by atoms with van der Waals surface area (Å²) in [6.45, 7) is 1.78. The van der Waals surface area contributed by atoms with Gasteiger partial charge < -0.3 is 4.74 Å². The van der Waals surface area contributed by atoms with Gasteiger partial charge in [-0.25, -0.2) is 9.07 Å². The Bertz CT molecular complexity index is 1370. The van der Waals surface area contributed by atoms with Crippen molar-refractivity contribution in [3.63, 3.8) is 0 Å². The molecule has 1 aromatic heterocycles. The molecule has 0 spiro atoms. The maximum atomic E-state index is 15.4. The Morgan fingerprint density at radius 1 is 0.735 bits per heavy atom. The first-order chi connectivity index (χ1) is 16.7. The smallest absolute Gasteiger partial charge is 0.142 e. The molecule has 168 valence electrons. The molecule has 5 rings (SSSR count). The first-order valence-corrected chi connectivity index (χ1v) is 11.2. The summed E-state index contributed by atoms with van der Waals surface area (Å²) in [4.78, 5) is 0. The molecular formula is C30H25FN2O. The average molecular weight is 449 g/mol. The van der Waals surface area contributed by atoms with Crippen molar-refractivity contribution in [3.8, 4) is 17.0 Å². The number of benzene rings is 4. The van der Waals surface area contributed by atoms with E-state index in [1.807, 2.05) is 71.4 Å². The van der Waals surface area contributed by atoms with Crippen molar-refractivity contribution >= 4 is 0 Å². The van der Waals surface area contributed by atoms with Crippen LogP contribution in [-0.2, 0) is 5.54 Å². The lowest BCUT2D eigenvalue weighted by Gasteiger charge is -2.38. The van der Waals surface area contributed by atoms with E-state index < -0.39 is 5.54 Å². The lowest BCUT2D eigenvalue weighted by molar-refractivity contribution is 0.384. The standard InChI is InChI=1S/C30H25FN2O/c1-22-12-11-17-25(29(22)31)27-20-21-32-33(27)30(23-13-5-3-6-14-23,24-15-7-4-8-16-24)26-18-9-10-19-28(26)34-2/h3-21H,1-2H3. The van der Waals surface area contributed by atoms with Crippen LogP contribution in [0.5, 0.6) is 5.75 Å². The minimum atomic E-state index is -0.913. The highest BCUT2D eigenvalue weighted by Gasteiger charge is 2.43. The Labute approximate surface area is 199 Å². The van der Waals surface area contributed by atoms with Crippen molar-refractivity contribution in [2.45, 2.75) is 12.5 Å². The van der Waals surface area contributed by atoms with E-state index in [0.29, 0.717) is 16.8 Å². The van der Waals surface area contributed by atoms with Gasteiger partial charge in [0.15, 0.2) is 0 Å². The van der Waals surface area contributed by atoms with E-state index in [1.54, 1.807) is 32.4 Å². The predicted molar refractivity (Wildman–Crippen MR) is 134 cm³/mol. The van der Waals surface area contributed by atoms with Crippen LogP contribution < -0.4 is 4.74 Å². The summed E-state index contributed by atoms with van der Waals surface area (Å²) in [5, 5.41) is 4.83. The number of aromatic nitrogens is 2. The molecule has 0 bridgehead atoms. The molecular weight excluding hydrogens is 423 g/mol. The van der Waals surface area contributed by atoms with Crippen LogP contribution in [-0.4, -0.2) is 16.9 Å². The van der Waals surface area contributed by atoms with Crippen molar-refractivity contribution < 1.29 is 9.13 Å². The van der Waals surface area contributed by atoms with Gasteiger partial charge in [0, 0.05) is 17.3 Å². The van der Waals surface area contributed by atoms with E-state index in [4.69, 9.17) is 9.84 Å². The topological polar surface area (TPSA) is 27.1 Å². The van der Waals surface area contributed by atoms with E-state index in [1.165, 1.54) is 0 Å². The van der Waals surface area contributed by atoms with Gasteiger partial charge in [-0.15, -0.1) is 0 Å². The van der Waals surface area contributed by atoms with Crippen molar-refractivity contribution in [2.75, 3.05) is 7.11 Å². The molecule has 3 nitrogen and oxygen atoms in total. The minimum absolute atomic E-state index is 0.251. The van der Waals surface area contributed by atoms with Crippen LogP contribution in [0.1, 0.15) is 22.3 Å². The second-order valence-electron chi connectivity index (χ2n) is 8.21. The number of methoxy groups -OCH3 is 1. The summed E-state index contributed by atoms with van der Waals surface area (Å²) in [6, 6.07) is 35.6. The average Bonchev–Trinajstić information content (AvgIpc) is 3.38. The molecule has 0 atom stereocenters. The van der Waals surface area contributed by atoms with Crippen LogP contribution in [0.4, 0.5) is 4.39 Å². The Balaban J connectivity index is 1.95. The van der Waals surface area contributed by atoms with E-state index in [0.717, 1.165) is 22.4 Å². The summed E-state index contributed by atoms with van der Waals surface area (Å²) < 4.78 is 23.2. The molecule has 0 N–H and O–H groups in total. The van der Waals surface area contributed by atoms with E-state index in [2.05, 4.69) is 30.3 Å². The van der Waals surface area contributed by atoms with Gasteiger partial charge in [0.25, 0.3) is 0 Å². The zero-order valence-electron chi connectivity index (χ0n) is 19.2. The van der Waals surface area contributed by atoms with Crippen LogP contribution in [0.15, 0.2) is 115 Å². The fourth-order valence-corrected chi connectivity index (χ4v) is 4.76. The van der Waals surface area contributed by atoms with Crippen LogP contribution in [0.25, 0.3) is 11.3 Å². The summed E-state index contributed by atoms with van der Waals surface area (Å²) in [6.07, 6.45) is 1.73. The van der Waals surface area contributed by atoms with Gasteiger partial charge in [0.1, 0.15) is 17.1 Å². The second kappa shape index (κ2) is 8.99. The molecule has 0 aliphatic rings. The largest absolute Gasteiger partial charge is 0.496 e. The Kier molecular flexibility index (Phi) is 5.72. The van der Waals surface area contributed by atoms with Crippen LogP contribution in [0.3, 0.4) is 0 Å². The molecule has 0 fully saturated rings. The molecule has 4 aromatic carbocycles. The molecule has 0 unspecified atom stereocenters. The van der Waals surface area contributed by atoms with Gasteiger partial charge in [-0.1, -0.05) is 91.0 Å². The van der Waals surface area contributed by atoms with Gasteiger partial charge in [0.2, 0.25) is 0 Å². The Morgan fingerprint density at radius 2 is 1.35 bits per heavy atom. The normalized spacial score (nSPS) is 11.4. The van der Waals surface area contributed by atoms with Gasteiger partial charge in [-0.3, -0.25) is 0 Å². The number of ether oxygens (including phenoxy) is 1. The van der Waals surface area contributed by atoms with Crippen molar-refractivity contribution in [2.24, 2.45) is 0 Å². The summed E-state index contributed by atoms with van der Waals surface area (Å²) in [7, 11) is 1.67. The molecule has 0 aliphatic carbocycles. The van der Waals surface area contributed by atoms with Gasteiger partial charge in [-0.05, 0) is 41.8 Å². The van der Waals surface area contributed by atoms with Gasteiger partial charge >= 0.3 is 0 Å². The van der Waals surface area contributed by atoms with Crippen LogP contribution >= 0.6 is 0 Å². The summed E-state index contributed by atoms with van der Waals surface area (Å²) in [5.41, 5.74) is 3.75. The summed E-state index contributed by atoms with van der Waals surface area (Å²) >= 11 is 0. The minimum Gasteiger partial charge on any atom is -0.496 e. The number of rotatable bonds is 6. The van der Waals surface area contributed by atoms with Gasteiger partial charge in [0.05, 0.1) is 12.8 Å². The molecule has 0 amide bonds. The number of hydrogen-bond acceptors (Lipinski definition) is 2. The lowest BCUT2D eigenvalue weighted by Crippen LogP contribution is -2.39. The maximum absolute atomic E-state index is 15.4. The highest BCUT2D eigenvalue weighted by Crippen LogP contribution is 2.46. The molecule has 5 aromatic rings. The van der Waals surface area contributed by atoms with Crippen LogP contribution in [0, 0.1) is 12.7 Å². The Hall–Kier alpha value is -4.18. The van der Waals surface area contributed by atoms with Crippen molar-refractivity contribution in [1.82, 2.24) is 9.78 Å². The summed E-state index contributed by atoms with van der Waals surface area (Å²) in [5.74, 6) is 0.473. The molecule has 34 heavy (non-hydrogen) atoms. The van der Waals surface area contributed by atoms with Crippen molar-refractivity contribution in [1.29, 1.82) is 0 Å². The molecule has 0 saturated carbocycles. The number of aryl methyl sites for hydroxylation is 1. The Morgan fingerprint density at radius 3 is 2.00 bits per heavy atom. The van der Waals surface area contributed by atoms with E-state index >= 15 is 4.39 Å². The molecule has 1 heterocycles. The number of halogens is 1. The van der Waals surface area contributed by atoms with Crippen molar-refractivity contribution in [3.05, 3.63) is 143 Å². The van der Waals surface area contributed by atoms with Gasteiger partial charge in [-0.2, -0.15) is 5.10 Å². The first-order valence-electron chi connectivity index (χ1n) is 11.2. The zero-order chi connectivity index (χ0) is 23.5. The third kappa shape index (κ3) is 3.39. The third-order valence-corrected chi connectivity index (χ3v) is 6.31. The maximum Gasteiger partial charge on any atom is 0.142 e. The van der Waals surface area contributed by atoms with Crippen LogP contribution in [0.2, 0.25) is 0 Å². The third-order valence-electron chi connectivity index (χ3n) is 6.31.